The number of ether oxygens (including phenoxy) is 2. The van der Waals surface area contributed by atoms with Gasteiger partial charge in [0, 0.05) is 6.42 Å². The molecule has 1 unspecified atom stereocenters. The molecule has 1 aliphatic rings. The van der Waals surface area contributed by atoms with Gasteiger partial charge in [0.05, 0.1) is 6.61 Å². The molecule has 0 heterocycles. The maximum absolute atomic E-state index is 12.4. The van der Waals surface area contributed by atoms with Gasteiger partial charge in [-0.05, 0) is 57.6 Å². The molecule has 0 radical (unpaired) electrons. The van der Waals surface area contributed by atoms with Gasteiger partial charge < -0.3 is 14.8 Å². The molecule has 1 aliphatic carbocycles. The lowest BCUT2D eigenvalue weighted by molar-refractivity contribution is -0.145. The van der Waals surface area contributed by atoms with E-state index in [1.54, 1.807) is 27.7 Å². The van der Waals surface area contributed by atoms with E-state index in [0.29, 0.717) is 12.3 Å². The summed E-state index contributed by atoms with van der Waals surface area (Å²) >= 11 is 0. The Morgan fingerprint density at radius 3 is 2.03 bits per heavy atom. The van der Waals surface area contributed by atoms with Crippen LogP contribution in [0.4, 0.5) is 4.79 Å². The second kappa shape index (κ2) is 12.7. The molecule has 0 bridgehead atoms. The van der Waals surface area contributed by atoms with Crippen LogP contribution < -0.4 is 5.32 Å². The fraction of sp³-hybridized carbons (Fsp3) is 0.692. The van der Waals surface area contributed by atoms with Gasteiger partial charge in [-0.15, -0.1) is 0 Å². The van der Waals surface area contributed by atoms with Crippen LogP contribution in [0.3, 0.4) is 0 Å². The zero-order chi connectivity index (χ0) is 22.7. The van der Waals surface area contributed by atoms with Crippen molar-refractivity contribution in [2.24, 2.45) is 0 Å². The molecule has 0 aliphatic heterocycles. The molecule has 1 N–H and O–H groups in total. The van der Waals surface area contributed by atoms with Gasteiger partial charge in [-0.25, -0.2) is 9.59 Å². The highest BCUT2D eigenvalue weighted by Crippen LogP contribution is 2.30. The van der Waals surface area contributed by atoms with Crippen LogP contribution in [0.1, 0.15) is 103 Å². The average molecular weight is 432 g/mol. The molecule has 1 atom stereocenters. The highest BCUT2D eigenvalue weighted by molar-refractivity contribution is 5.81. The summed E-state index contributed by atoms with van der Waals surface area (Å²) < 4.78 is 10.5. The molecule has 5 heteroatoms. The molecule has 174 valence electrons. The number of hydrogen-bond donors (Lipinski definition) is 1. The minimum atomic E-state index is -0.769. The lowest BCUT2D eigenvalue weighted by atomic mass is 9.86. The number of esters is 1. The van der Waals surface area contributed by atoms with Crippen molar-refractivity contribution < 1.29 is 19.1 Å². The predicted octanol–water partition coefficient (Wildman–Crippen LogP) is 6.29. The summed E-state index contributed by atoms with van der Waals surface area (Å²) in [5.41, 5.74) is 1.76. The molecule has 2 rings (SSSR count). The monoisotopic (exact) mass is 431 g/mol. The fourth-order valence-electron chi connectivity index (χ4n) is 4.19. The van der Waals surface area contributed by atoms with E-state index in [2.05, 4.69) is 29.6 Å². The number of amides is 1. The number of nitrogens with one attached hydrogen (secondary N) is 1. The third-order valence-corrected chi connectivity index (χ3v) is 5.76. The number of carbonyl (C=O) groups is 2. The van der Waals surface area contributed by atoms with E-state index < -0.39 is 23.7 Å². The Morgan fingerprint density at radius 2 is 1.52 bits per heavy atom. The van der Waals surface area contributed by atoms with Gasteiger partial charge in [0.15, 0.2) is 0 Å². The van der Waals surface area contributed by atoms with Crippen LogP contribution in [0.25, 0.3) is 0 Å². The van der Waals surface area contributed by atoms with Gasteiger partial charge in [0.1, 0.15) is 11.6 Å². The third-order valence-electron chi connectivity index (χ3n) is 5.76. The molecule has 5 nitrogen and oxygen atoms in total. The first-order valence-corrected chi connectivity index (χ1v) is 12.0. The van der Waals surface area contributed by atoms with Crippen LogP contribution in [0, 0.1) is 0 Å². The number of alkyl carbamates (subject to hydrolysis) is 1. The summed E-state index contributed by atoms with van der Waals surface area (Å²) in [7, 11) is 0. The van der Waals surface area contributed by atoms with Gasteiger partial charge in [0.25, 0.3) is 0 Å². The first-order chi connectivity index (χ1) is 14.8. The number of carbonyl (C=O) groups excluding carboxylic acids is 2. The summed E-state index contributed by atoms with van der Waals surface area (Å²) in [6.07, 6.45) is 11.7. The predicted molar refractivity (Wildman–Crippen MR) is 124 cm³/mol. The van der Waals surface area contributed by atoms with E-state index in [1.165, 1.54) is 63.4 Å². The van der Waals surface area contributed by atoms with Crippen LogP contribution in [-0.2, 0) is 20.7 Å². The molecule has 1 saturated carbocycles. The SMILES string of the molecule is CCOC(=O)C(Cc1ccc(C2CCCCCCCCC2)cc1)NC(=O)OC(C)(C)C. The minimum Gasteiger partial charge on any atom is -0.464 e. The van der Waals surface area contributed by atoms with Crippen molar-refractivity contribution in [2.45, 2.75) is 109 Å². The molecular formula is C26H41NO4. The van der Waals surface area contributed by atoms with Gasteiger partial charge in [-0.2, -0.15) is 0 Å². The van der Waals surface area contributed by atoms with Gasteiger partial charge in [-0.3, -0.25) is 0 Å². The highest BCUT2D eigenvalue weighted by atomic mass is 16.6. The van der Waals surface area contributed by atoms with Crippen molar-refractivity contribution in [3.05, 3.63) is 35.4 Å². The molecular weight excluding hydrogens is 390 g/mol. The topological polar surface area (TPSA) is 64.6 Å². The van der Waals surface area contributed by atoms with E-state index in [1.807, 2.05) is 0 Å². The van der Waals surface area contributed by atoms with Gasteiger partial charge in [-0.1, -0.05) is 69.2 Å². The molecule has 0 saturated heterocycles. The largest absolute Gasteiger partial charge is 0.464 e. The van der Waals surface area contributed by atoms with Crippen molar-refractivity contribution in [2.75, 3.05) is 6.61 Å². The fourth-order valence-corrected chi connectivity index (χ4v) is 4.19. The van der Waals surface area contributed by atoms with Crippen molar-refractivity contribution >= 4 is 12.1 Å². The van der Waals surface area contributed by atoms with Crippen LogP contribution in [-0.4, -0.2) is 30.3 Å². The summed E-state index contributed by atoms with van der Waals surface area (Å²) in [5.74, 6) is 0.178. The second-order valence-corrected chi connectivity index (χ2v) is 9.65. The highest BCUT2D eigenvalue weighted by Gasteiger charge is 2.26. The van der Waals surface area contributed by atoms with Crippen LogP contribution >= 0.6 is 0 Å². The lowest BCUT2D eigenvalue weighted by Crippen LogP contribution is -2.45. The van der Waals surface area contributed by atoms with Crippen molar-refractivity contribution in [1.82, 2.24) is 5.32 Å². The molecule has 1 aromatic carbocycles. The molecule has 0 spiro atoms. The molecule has 1 aromatic rings. The van der Waals surface area contributed by atoms with E-state index in [-0.39, 0.29) is 6.61 Å². The van der Waals surface area contributed by atoms with Crippen molar-refractivity contribution in [3.8, 4) is 0 Å². The Morgan fingerprint density at radius 1 is 0.968 bits per heavy atom. The van der Waals surface area contributed by atoms with Crippen LogP contribution in [0.2, 0.25) is 0 Å². The Kier molecular flexibility index (Phi) is 10.4. The number of benzene rings is 1. The Hall–Kier alpha value is -2.04. The van der Waals surface area contributed by atoms with Gasteiger partial charge >= 0.3 is 12.1 Å². The van der Waals surface area contributed by atoms with Crippen molar-refractivity contribution in [1.29, 1.82) is 0 Å². The maximum atomic E-state index is 12.4. The normalized spacial score (nSPS) is 17.4. The Bertz CT molecular complexity index is 668. The number of rotatable bonds is 6. The lowest BCUT2D eigenvalue weighted by Gasteiger charge is -2.23. The summed E-state index contributed by atoms with van der Waals surface area (Å²) in [6, 6.07) is 7.78. The van der Waals surface area contributed by atoms with E-state index in [0.717, 1.165) is 5.56 Å². The van der Waals surface area contributed by atoms with E-state index in [9.17, 15) is 9.59 Å². The summed E-state index contributed by atoms with van der Waals surface area (Å²) in [5, 5.41) is 2.68. The minimum absolute atomic E-state index is 0.270. The molecule has 31 heavy (non-hydrogen) atoms. The van der Waals surface area contributed by atoms with Crippen molar-refractivity contribution in [3.63, 3.8) is 0 Å². The average Bonchev–Trinajstić information content (AvgIpc) is 2.71. The first kappa shape index (κ1) is 25.2. The standard InChI is InChI=1S/C26H41NO4/c1-5-30-24(28)23(27-25(29)31-26(2,3)4)19-20-15-17-22(18-16-20)21-13-11-9-7-6-8-10-12-14-21/h15-18,21,23H,5-14,19H2,1-4H3,(H,27,29). The third kappa shape index (κ3) is 9.75. The van der Waals surface area contributed by atoms with Gasteiger partial charge in [0.2, 0.25) is 0 Å². The zero-order valence-electron chi connectivity index (χ0n) is 19.9. The second-order valence-electron chi connectivity index (χ2n) is 9.65. The summed E-state index contributed by atoms with van der Waals surface area (Å²) in [6.45, 7) is 7.42. The molecule has 1 fully saturated rings. The maximum Gasteiger partial charge on any atom is 0.408 e. The first-order valence-electron chi connectivity index (χ1n) is 12.0. The van der Waals surface area contributed by atoms with Crippen LogP contribution in [0.5, 0.6) is 0 Å². The van der Waals surface area contributed by atoms with E-state index in [4.69, 9.17) is 9.47 Å². The smallest absolute Gasteiger partial charge is 0.408 e. The summed E-state index contributed by atoms with van der Waals surface area (Å²) in [4.78, 5) is 24.6. The number of hydrogen-bond acceptors (Lipinski definition) is 4. The van der Waals surface area contributed by atoms with E-state index >= 15 is 0 Å². The van der Waals surface area contributed by atoms with Crippen LogP contribution in [0.15, 0.2) is 24.3 Å². The quantitative estimate of drug-likeness (QED) is 0.537. The zero-order valence-corrected chi connectivity index (χ0v) is 19.9. The molecule has 0 aromatic heterocycles. The Labute approximate surface area is 188 Å². The molecule has 1 amide bonds. The Balaban J connectivity index is 2.03.